The minimum absolute atomic E-state index is 0.0111. The van der Waals surface area contributed by atoms with Crippen molar-refractivity contribution in [3.8, 4) is 5.75 Å². The van der Waals surface area contributed by atoms with Crippen LogP contribution in [0.5, 0.6) is 5.75 Å². The van der Waals surface area contributed by atoms with Crippen molar-refractivity contribution in [3.63, 3.8) is 0 Å². The summed E-state index contributed by atoms with van der Waals surface area (Å²) >= 11 is 0. The molecule has 0 heterocycles. The Balaban J connectivity index is 2.45. The number of aliphatic hydroxyl groups excluding tert-OH is 1. The lowest BCUT2D eigenvalue weighted by atomic mass is 10.2. The van der Waals surface area contributed by atoms with E-state index >= 15 is 0 Å². The van der Waals surface area contributed by atoms with Crippen LogP contribution in [0.1, 0.15) is 12.5 Å². The van der Waals surface area contributed by atoms with Crippen molar-refractivity contribution in [1.29, 1.82) is 0 Å². The number of halogens is 2. The van der Waals surface area contributed by atoms with Gasteiger partial charge in [-0.1, -0.05) is 12.1 Å². The maximum Gasteiger partial charge on any atom is 0.387 e. The lowest BCUT2D eigenvalue weighted by Gasteiger charge is -2.11. The second kappa shape index (κ2) is 6.40. The number of ether oxygens (including phenoxy) is 1. The molecule has 0 aliphatic carbocycles. The van der Waals surface area contributed by atoms with Gasteiger partial charge in [0.2, 0.25) is 0 Å². The fourth-order valence-electron chi connectivity index (χ4n) is 1.15. The number of hydrogen-bond acceptors (Lipinski definition) is 3. The van der Waals surface area contributed by atoms with Gasteiger partial charge in [0.15, 0.2) is 0 Å². The Labute approximate surface area is 93.0 Å². The number of aliphatic hydroxyl groups is 1. The van der Waals surface area contributed by atoms with Gasteiger partial charge in [-0.15, -0.1) is 0 Å². The highest BCUT2D eigenvalue weighted by Crippen LogP contribution is 2.14. The first kappa shape index (κ1) is 12.9. The van der Waals surface area contributed by atoms with Crippen molar-refractivity contribution in [3.05, 3.63) is 29.8 Å². The van der Waals surface area contributed by atoms with Crippen molar-refractivity contribution >= 4 is 0 Å². The van der Waals surface area contributed by atoms with Crippen LogP contribution in [0.3, 0.4) is 0 Å². The molecule has 3 nitrogen and oxygen atoms in total. The topological polar surface area (TPSA) is 41.5 Å². The summed E-state index contributed by atoms with van der Waals surface area (Å²) in [6.07, 6.45) is 0. The highest BCUT2D eigenvalue weighted by molar-refractivity contribution is 5.27. The SMILES string of the molecule is CC(CO)NCc1ccc(OC(F)F)cc1. The van der Waals surface area contributed by atoms with E-state index in [1.54, 1.807) is 12.1 Å². The van der Waals surface area contributed by atoms with Crippen LogP contribution in [0.2, 0.25) is 0 Å². The highest BCUT2D eigenvalue weighted by Gasteiger charge is 2.04. The fraction of sp³-hybridized carbons (Fsp3) is 0.455. The number of hydrogen-bond donors (Lipinski definition) is 2. The first-order chi connectivity index (χ1) is 7.61. The molecular formula is C11H15F2NO2. The van der Waals surface area contributed by atoms with Gasteiger partial charge < -0.3 is 15.2 Å². The molecule has 0 spiro atoms. The summed E-state index contributed by atoms with van der Waals surface area (Å²) in [6.45, 7) is -0.296. The Hall–Kier alpha value is -1.20. The van der Waals surface area contributed by atoms with Crippen LogP contribution in [-0.4, -0.2) is 24.4 Å². The zero-order chi connectivity index (χ0) is 12.0. The van der Waals surface area contributed by atoms with Gasteiger partial charge in [-0.25, -0.2) is 0 Å². The molecule has 0 saturated heterocycles. The third kappa shape index (κ3) is 4.55. The summed E-state index contributed by atoms with van der Waals surface area (Å²) in [5, 5.41) is 11.9. The minimum Gasteiger partial charge on any atom is -0.435 e. The van der Waals surface area contributed by atoms with E-state index < -0.39 is 6.61 Å². The summed E-state index contributed by atoms with van der Waals surface area (Å²) in [5.74, 6) is 0.147. The van der Waals surface area contributed by atoms with Crippen molar-refractivity contribution in [2.45, 2.75) is 26.1 Å². The normalized spacial score (nSPS) is 12.8. The predicted molar refractivity (Wildman–Crippen MR) is 56.5 cm³/mol. The second-order valence-corrected chi connectivity index (χ2v) is 3.49. The summed E-state index contributed by atoms with van der Waals surface area (Å²) in [6, 6.07) is 6.40. The standard InChI is InChI=1S/C11H15F2NO2/c1-8(7-15)14-6-9-2-4-10(5-3-9)16-11(12)13/h2-5,8,11,14-15H,6-7H2,1H3. The van der Waals surface area contributed by atoms with Gasteiger partial charge >= 0.3 is 6.61 Å². The first-order valence-corrected chi connectivity index (χ1v) is 5.00. The van der Waals surface area contributed by atoms with Crippen LogP contribution in [0.25, 0.3) is 0 Å². The third-order valence-electron chi connectivity index (χ3n) is 2.08. The van der Waals surface area contributed by atoms with Gasteiger partial charge in [0.25, 0.3) is 0 Å². The van der Waals surface area contributed by atoms with Gasteiger partial charge in [-0.05, 0) is 24.6 Å². The maximum atomic E-state index is 11.9. The quantitative estimate of drug-likeness (QED) is 0.783. The van der Waals surface area contributed by atoms with Crippen LogP contribution >= 0.6 is 0 Å². The van der Waals surface area contributed by atoms with Gasteiger partial charge in [0.05, 0.1) is 6.61 Å². The van der Waals surface area contributed by atoms with Crippen LogP contribution in [0.4, 0.5) is 8.78 Å². The number of benzene rings is 1. The predicted octanol–water partition coefficient (Wildman–Crippen LogP) is 1.76. The first-order valence-electron chi connectivity index (χ1n) is 5.00. The number of rotatable bonds is 6. The molecule has 1 unspecified atom stereocenters. The zero-order valence-electron chi connectivity index (χ0n) is 8.99. The molecule has 0 saturated carbocycles. The summed E-state index contributed by atoms with van der Waals surface area (Å²) < 4.78 is 27.9. The molecule has 1 rings (SSSR count). The van der Waals surface area contributed by atoms with Crippen LogP contribution in [-0.2, 0) is 6.54 Å². The number of nitrogens with one attached hydrogen (secondary N) is 1. The molecule has 0 aliphatic heterocycles. The number of alkyl halides is 2. The van der Waals surface area contributed by atoms with Crippen molar-refractivity contribution < 1.29 is 18.6 Å². The van der Waals surface area contributed by atoms with E-state index in [1.165, 1.54) is 12.1 Å². The van der Waals surface area contributed by atoms with E-state index in [-0.39, 0.29) is 18.4 Å². The largest absolute Gasteiger partial charge is 0.435 e. The third-order valence-corrected chi connectivity index (χ3v) is 2.08. The summed E-state index contributed by atoms with van der Waals surface area (Å²) in [7, 11) is 0. The molecular weight excluding hydrogens is 216 g/mol. The van der Waals surface area contributed by atoms with Crippen molar-refractivity contribution in [2.75, 3.05) is 6.61 Å². The average molecular weight is 231 g/mol. The van der Waals surface area contributed by atoms with Gasteiger partial charge in [-0.3, -0.25) is 0 Å². The van der Waals surface area contributed by atoms with Crippen LogP contribution in [0.15, 0.2) is 24.3 Å². The lowest BCUT2D eigenvalue weighted by Crippen LogP contribution is -2.28. The molecule has 0 amide bonds. The van der Waals surface area contributed by atoms with E-state index in [9.17, 15) is 8.78 Å². The molecule has 0 radical (unpaired) electrons. The van der Waals surface area contributed by atoms with Gasteiger partial charge in [0.1, 0.15) is 5.75 Å². The lowest BCUT2D eigenvalue weighted by molar-refractivity contribution is -0.0498. The molecule has 0 bridgehead atoms. The van der Waals surface area contributed by atoms with Crippen LogP contribution < -0.4 is 10.1 Å². The van der Waals surface area contributed by atoms with Crippen molar-refractivity contribution in [1.82, 2.24) is 5.32 Å². The Kier molecular flexibility index (Phi) is 5.14. The van der Waals surface area contributed by atoms with Crippen molar-refractivity contribution in [2.24, 2.45) is 0 Å². The van der Waals surface area contributed by atoms with Gasteiger partial charge in [0, 0.05) is 12.6 Å². The fourth-order valence-corrected chi connectivity index (χ4v) is 1.15. The maximum absolute atomic E-state index is 11.9. The monoisotopic (exact) mass is 231 g/mol. The molecule has 5 heteroatoms. The Morgan fingerprint density at radius 1 is 1.31 bits per heavy atom. The van der Waals surface area contributed by atoms with E-state index in [0.29, 0.717) is 6.54 Å². The smallest absolute Gasteiger partial charge is 0.387 e. The molecule has 1 atom stereocenters. The van der Waals surface area contributed by atoms with Gasteiger partial charge in [-0.2, -0.15) is 8.78 Å². The molecule has 1 aromatic rings. The van der Waals surface area contributed by atoms with E-state index in [0.717, 1.165) is 5.56 Å². The van der Waals surface area contributed by atoms with E-state index in [4.69, 9.17) is 5.11 Å². The summed E-state index contributed by atoms with van der Waals surface area (Å²) in [4.78, 5) is 0. The van der Waals surface area contributed by atoms with Crippen LogP contribution in [0, 0.1) is 0 Å². The van der Waals surface area contributed by atoms with E-state index in [1.807, 2.05) is 6.92 Å². The molecule has 90 valence electrons. The van der Waals surface area contributed by atoms with E-state index in [2.05, 4.69) is 10.1 Å². The second-order valence-electron chi connectivity index (χ2n) is 3.49. The molecule has 0 aliphatic rings. The summed E-state index contributed by atoms with van der Waals surface area (Å²) in [5.41, 5.74) is 0.946. The Morgan fingerprint density at radius 3 is 2.44 bits per heavy atom. The molecule has 1 aromatic carbocycles. The zero-order valence-corrected chi connectivity index (χ0v) is 8.99. The molecule has 0 aromatic heterocycles. The Morgan fingerprint density at radius 2 is 1.94 bits per heavy atom. The highest BCUT2D eigenvalue weighted by atomic mass is 19.3. The Bertz CT molecular complexity index is 303. The minimum atomic E-state index is -2.79. The molecule has 16 heavy (non-hydrogen) atoms. The molecule has 2 N–H and O–H groups in total. The molecule has 0 fully saturated rings. The average Bonchev–Trinajstić information content (AvgIpc) is 2.27.